The minimum Gasteiger partial charge on any atom is -0.497 e. The number of anilines is 2. The van der Waals surface area contributed by atoms with Crippen molar-refractivity contribution in [2.24, 2.45) is 0 Å². The lowest BCUT2D eigenvalue weighted by atomic mass is 10.1. The Hall–Kier alpha value is -4.23. The van der Waals surface area contributed by atoms with Crippen LogP contribution in [0.5, 0.6) is 11.5 Å². The van der Waals surface area contributed by atoms with E-state index in [4.69, 9.17) is 9.47 Å². The van der Waals surface area contributed by atoms with Crippen molar-refractivity contribution in [3.05, 3.63) is 109 Å². The van der Waals surface area contributed by atoms with Gasteiger partial charge in [-0.2, -0.15) is 0 Å². The van der Waals surface area contributed by atoms with E-state index >= 15 is 0 Å². The molecule has 2 amide bonds. The summed E-state index contributed by atoms with van der Waals surface area (Å²) in [6.07, 6.45) is 1.87. The van der Waals surface area contributed by atoms with E-state index in [2.05, 4.69) is 17.4 Å². The number of hydrogen-bond donors (Lipinski definition) is 1. The molecule has 4 aromatic carbocycles. The number of ether oxygens (including phenoxy) is 2. The molecule has 0 saturated heterocycles. The van der Waals surface area contributed by atoms with Gasteiger partial charge in [-0.05, 0) is 85.1 Å². The fourth-order valence-electron chi connectivity index (χ4n) is 3.91. The lowest BCUT2D eigenvalue weighted by Crippen LogP contribution is -2.36. The van der Waals surface area contributed by atoms with E-state index in [0.717, 1.165) is 33.2 Å². The second-order valence-corrected chi connectivity index (χ2v) is 9.99. The molecule has 0 aromatic heterocycles. The van der Waals surface area contributed by atoms with Gasteiger partial charge in [0, 0.05) is 34.1 Å². The third-order valence-electron chi connectivity index (χ3n) is 5.93. The lowest BCUT2D eigenvalue weighted by Gasteiger charge is -2.24. The average Bonchev–Trinajstić information content (AvgIpc) is 2.95. The first kappa shape index (κ1) is 27.8. The van der Waals surface area contributed by atoms with Gasteiger partial charge >= 0.3 is 12.0 Å². The normalized spacial score (nSPS) is 10.5. The molecule has 0 fully saturated rings. The molecule has 4 aromatic rings. The van der Waals surface area contributed by atoms with Crippen LogP contribution in [0.2, 0.25) is 0 Å². The lowest BCUT2D eigenvalue weighted by molar-refractivity contribution is -0.134. The third kappa shape index (κ3) is 8.38. The Balaban J connectivity index is 1.50. The Labute approximate surface area is 234 Å². The van der Waals surface area contributed by atoms with Crippen LogP contribution in [0, 0.1) is 0 Å². The molecule has 0 heterocycles. The largest absolute Gasteiger partial charge is 0.497 e. The molecule has 4 rings (SSSR count). The van der Waals surface area contributed by atoms with Gasteiger partial charge in [-0.3, -0.25) is 9.69 Å². The van der Waals surface area contributed by atoms with Crippen molar-refractivity contribution < 1.29 is 19.1 Å². The first-order valence-corrected chi connectivity index (χ1v) is 13.7. The number of carbonyl (C=O) groups is 2. The molecular weight excluding hydrogens is 508 g/mol. The summed E-state index contributed by atoms with van der Waals surface area (Å²) in [5, 5.41) is 3.01. The first-order valence-electron chi connectivity index (χ1n) is 12.9. The van der Waals surface area contributed by atoms with Crippen molar-refractivity contribution in [2.45, 2.75) is 36.0 Å². The van der Waals surface area contributed by atoms with Gasteiger partial charge in [0.15, 0.2) is 0 Å². The van der Waals surface area contributed by atoms with Crippen molar-refractivity contribution in [1.29, 1.82) is 0 Å². The highest BCUT2D eigenvalue weighted by atomic mass is 32.2. The second kappa shape index (κ2) is 14.1. The number of hydrogen-bond acceptors (Lipinski definition) is 5. The van der Waals surface area contributed by atoms with E-state index in [9.17, 15) is 9.59 Å². The molecule has 0 bridgehead atoms. The number of amides is 2. The number of nitrogens with one attached hydrogen (secondary N) is 1. The van der Waals surface area contributed by atoms with Crippen molar-refractivity contribution in [2.75, 3.05) is 23.9 Å². The Kier molecular flexibility index (Phi) is 10.0. The summed E-state index contributed by atoms with van der Waals surface area (Å²) in [6.45, 7) is 2.46. The maximum Gasteiger partial charge on any atom is 0.326 e. The Bertz CT molecular complexity index is 1360. The summed E-state index contributed by atoms with van der Waals surface area (Å²) in [4.78, 5) is 29.0. The van der Waals surface area contributed by atoms with Gasteiger partial charge in [0.25, 0.3) is 0 Å². The third-order valence-corrected chi connectivity index (χ3v) is 6.93. The van der Waals surface area contributed by atoms with Gasteiger partial charge in [-0.25, -0.2) is 4.79 Å². The molecule has 0 atom stereocenters. The number of nitrogens with zero attached hydrogens (tertiary/aromatic N) is 1. The highest BCUT2D eigenvalue weighted by molar-refractivity contribution is 7.99. The highest BCUT2D eigenvalue weighted by Gasteiger charge is 2.17. The molecule has 200 valence electrons. The van der Waals surface area contributed by atoms with Crippen LogP contribution in [0.3, 0.4) is 0 Å². The molecule has 1 N–H and O–H groups in total. The monoisotopic (exact) mass is 540 g/mol. The van der Waals surface area contributed by atoms with Crippen LogP contribution in [0.1, 0.15) is 25.3 Å². The van der Waals surface area contributed by atoms with Crippen LogP contribution in [-0.2, 0) is 11.2 Å². The average molecular weight is 541 g/mol. The van der Waals surface area contributed by atoms with Gasteiger partial charge in [-0.1, -0.05) is 55.1 Å². The molecule has 39 heavy (non-hydrogen) atoms. The van der Waals surface area contributed by atoms with E-state index < -0.39 is 0 Å². The first-order chi connectivity index (χ1) is 19.0. The minimum atomic E-state index is -0.228. The molecular formula is C32H32N2O4S. The molecule has 0 aliphatic rings. The van der Waals surface area contributed by atoms with Gasteiger partial charge in [0.05, 0.1) is 7.11 Å². The Morgan fingerprint density at radius 3 is 2.23 bits per heavy atom. The molecule has 0 aliphatic carbocycles. The fraction of sp³-hybridized carbons (Fsp3) is 0.188. The number of carbonyl (C=O) groups excluding carboxylic acids is 2. The van der Waals surface area contributed by atoms with Crippen LogP contribution >= 0.6 is 11.8 Å². The molecule has 0 saturated carbocycles. The van der Waals surface area contributed by atoms with Crippen molar-refractivity contribution >= 4 is 35.1 Å². The van der Waals surface area contributed by atoms with Crippen molar-refractivity contribution in [1.82, 2.24) is 0 Å². The molecule has 0 aliphatic heterocycles. The van der Waals surface area contributed by atoms with Crippen LogP contribution < -0.4 is 19.7 Å². The van der Waals surface area contributed by atoms with Crippen molar-refractivity contribution in [3.63, 3.8) is 0 Å². The highest BCUT2D eigenvalue weighted by Crippen LogP contribution is 2.32. The van der Waals surface area contributed by atoms with Crippen LogP contribution in [0.15, 0.2) is 113 Å². The zero-order valence-electron chi connectivity index (χ0n) is 22.1. The molecule has 0 unspecified atom stereocenters. The van der Waals surface area contributed by atoms with Gasteiger partial charge in [0.2, 0.25) is 0 Å². The molecule has 7 heteroatoms. The number of esters is 1. The maximum atomic E-state index is 13.5. The van der Waals surface area contributed by atoms with Gasteiger partial charge in [0.1, 0.15) is 11.5 Å². The van der Waals surface area contributed by atoms with E-state index in [1.165, 1.54) is 0 Å². The number of benzene rings is 4. The summed E-state index contributed by atoms with van der Waals surface area (Å²) in [5.74, 6) is 1.04. The minimum absolute atomic E-state index is 0.212. The molecule has 6 nitrogen and oxygen atoms in total. The Morgan fingerprint density at radius 2 is 1.54 bits per heavy atom. The Morgan fingerprint density at radius 1 is 0.821 bits per heavy atom. The standard InChI is InChI=1S/C32H32N2O4S/c1-3-8-31(35)38-28-17-19-29(20-18-28)39-30-12-7-11-26(23-30)34(22-21-24-9-5-4-6-10-24)32(36)33-25-13-15-27(37-2)16-14-25/h4-7,9-20,23H,3,8,21-22H2,1-2H3,(H,33,36). The topological polar surface area (TPSA) is 67.9 Å². The van der Waals surface area contributed by atoms with Gasteiger partial charge in [-0.15, -0.1) is 0 Å². The van der Waals surface area contributed by atoms with E-state index in [-0.39, 0.29) is 12.0 Å². The zero-order chi connectivity index (χ0) is 27.5. The quantitative estimate of drug-likeness (QED) is 0.155. The van der Waals surface area contributed by atoms with Crippen LogP contribution in [0.25, 0.3) is 0 Å². The number of urea groups is 1. The molecule has 0 radical (unpaired) electrons. The second-order valence-electron chi connectivity index (χ2n) is 8.84. The van der Waals surface area contributed by atoms with E-state index in [1.807, 2.05) is 85.8 Å². The number of rotatable bonds is 11. The number of methoxy groups -OCH3 is 1. The van der Waals surface area contributed by atoms with E-state index in [0.29, 0.717) is 30.8 Å². The zero-order valence-corrected chi connectivity index (χ0v) is 22.9. The summed E-state index contributed by atoms with van der Waals surface area (Å²) < 4.78 is 10.6. The summed E-state index contributed by atoms with van der Waals surface area (Å²) in [5.41, 5.74) is 2.65. The maximum absolute atomic E-state index is 13.5. The van der Waals surface area contributed by atoms with Gasteiger partial charge < -0.3 is 14.8 Å². The fourth-order valence-corrected chi connectivity index (χ4v) is 4.78. The van der Waals surface area contributed by atoms with E-state index in [1.54, 1.807) is 35.9 Å². The SMILES string of the molecule is CCCC(=O)Oc1ccc(Sc2cccc(N(CCc3ccccc3)C(=O)Nc3ccc(OC)cc3)c2)cc1. The predicted molar refractivity (Wildman–Crippen MR) is 157 cm³/mol. The summed E-state index contributed by atoms with van der Waals surface area (Å²) >= 11 is 1.58. The summed E-state index contributed by atoms with van der Waals surface area (Å²) in [6, 6.07) is 32.6. The van der Waals surface area contributed by atoms with Crippen molar-refractivity contribution in [3.8, 4) is 11.5 Å². The van der Waals surface area contributed by atoms with Crippen LogP contribution in [0.4, 0.5) is 16.2 Å². The smallest absolute Gasteiger partial charge is 0.326 e. The predicted octanol–water partition coefficient (Wildman–Crippen LogP) is 7.83. The summed E-state index contributed by atoms with van der Waals surface area (Å²) in [7, 11) is 1.61. The molecule has 0 spiro atoms. The van der Waals surface area contributed by atoms with Crippen LogP contribution in [-0.4, -0.2) is 25.7 Å².